The SMILES string of the molecule is Nc1ccc(N2CCN(CCC(F)(F)F)CC2)cc1. The molecule has 0 unspecified atom stereocenters. The molecule has 2 rings (SSSR count). The van der Waals surface area contributed by atoms with E-state index in [0.29, 0.717) is 18.8 Å². The number of piperazine rings is 1. The molecule has 0 spiro atoms. The summed E-state index contributed by atoms with van der Waals surface area (Å²) in [5, 5.41) is 0. The zero-order chi connectivity index (χ0) is 13.9. The monoisotopic (exact) mass is 273 g/mol. The summed E-state index contributed by atoms with van der Waals surface area (Å²) in [4.78, 5) is 4.03. The molecule has 3 nitrogen and oxygen atoms in total. The molecule has 1 fully saturated rings. The predicted octanol–water partition coefficient (Wildman–Crippen LogP) is 2.34. The van der Waals surface area contributed by atoms with Crippen LogP contribution in [0.25, 0.3) is 0 Å². The first-order valence-electron chi connectivity index (χ1n) is 6.34. The maximum atomic E-state index is 12.1. The van der Waals surface area contributed by atoms with Gasteiger partial charge in [-0.1, -0.05) is 0 Å². The number of hydrogen-bond acceptors (Lipinski definition) is 3. The van der Waals surface area contributed by atoms with Crippen molar-refractivity contribution in [2.75, 3.05) is 43.4 Å². The average Bonchev–Trinajstić information content (AvgIpc) is 2.37. The van der Waals surface area contributed by atoms with Gasteiger partial charge >= 0.3 is 6.18 Å². The summed E-state index contributed by atoms with van der Waals surface area (Å²) in [6.07, 6.45) is -4.79. The average molecular weight is 273 g/mol. The van der Waals surface area contributed by atoms with E-state index in [1.165, 1.54) is 0 Å². The molecule has 2 N–H and O–H groups in total. The molecule has 6 heteroatoms. The van der Waals surface area contributed by atoms with Crippen LogP contribution in [0, 0.1) is 0 Å². The van der Waals surface area contributed by atoms with Crippen molar-refractivity contribution in [1.82, 2.24) is 4.90 Å². The van der Waals surface area contributed by atoms with Crippen molar-refractivity contribution in [1.29, 1.82) is 0 Å². The first-order valence-corrected chi connectivity index (χ1v) is 6.34. The van der Waals surface area contributed by atoms with Crippen LogP contribution in [0.2, 0.25) is 0 Å². The molecule has 0 aliphatic carbocycles. The summed E-state index contributed by atoms with van der Waals surface area (Å²) in [5.74, 6) is 0. The van der Waals surface area contributed by atoms with Gasteiger partial charge in [0.1, 0.15) is 0 Å². The minimum atomic E-state index is -4.06. The van der Waals surface area contributed by atoms with E-state index in [0.717, 1.165) is 18.8 Å². The smallest absolute Gasteiger partial charge is 0.390 e. The van der Waals surface area contributed by atoms with E-state index < -0.39 is 12.6 Å². The number of alkyl halides is 3. The second-order valence-corrected chi connectivity index (χ2v) is 4.79. The fourth-order valence-electron chi connectivity index (χ4n) is 2.20. The van der Waals surface area contributed by atoms with Gasteiger partial charge in [-0.3, -0.25) is 4.90 Å². The number of anilines is 2. The summed E-state index contributed by atoms with van der Waals surface area (Å²) >= 11 is 0. The molecule has 1 aromatic rings. The molecule has 106 valence electrons. The zero-order valence-corrected chi connectivity index (χ0v) is 10.7. The fraction of sp³-hybridized carbons (Fsp3) is 0.538. The molecule has 1 aromatic carbocycles. The number of nitrogen functional groups attached to an aromatic ring is 1. The Hall–Kier alpha value is -1.43. The van der Waals surface area contributed by atoms with Crippen LogP contribution in [0.15, 0.2) is 24.3 Å². The lowest BCUT2D eigenvalue weighted by atomic mass is 10.2. The molecular formula is C13H18F3N3. The van der Waals surface area contributed by atoms with Crippen LogP contribution in [-0.4, -0.2) is 43.8 Å². The van der Waals surface area contributed by atoms with Gasteiger partial charge in [0, 0.05) is 44.1 Å². The highest BCUT2D eigenvalue weighted by molar-refractivity contribution is 5.53. The lowest BCUT2D eigenvalue weighted by Gasteiger charge is -2.36. The van der Waals surface area contributed by atoms with E-state index in [1.54, 1.807) is 0 Å². The standard InChI is InChI=1S/C13H18F3N3/c14-13(15,16)5-6-18-7-9-19(10-8-18)12-3-1-11(17)2-4-12/h1-4H,5-10,17H2. The van der Waals surface area contributed by atoms with Crippen molar-refractivity contribution in [2.45, 2.75) is 12.6 Å². The topological polar surface area (TPSA) is 32.5 Å². The minimum absolute atomic E-state index is 0.0963. The van der Waals surface area contributed by atoms with Gasteiger partial charge in [0.05, 0.1) is 6.42 Å². The Bertz CT molecular complexity index is 395. The van der Waals surface area contributed by atoms with Gasteiger partial charge in [0.15, 0.2) is 0 Å². The van der Waals surface area contributed by atoms with Crippen LogP contribution >= 0.6 is 0 Å². The second-order valence-electron chi connectivity index (χ2n) is 4.79. The Balaban J connectivity index is 1.81. The van der Waals surface area contributed by atoms with Crippen molar-refractivity contribution < 1.29 is 13.2 Å². The Morgan fingerprint density at radius 1 is 1.00 bits per heavy atom. The lowest BCUT2D eigenvalue weighted by Crippen LogP contribution is -2.47. The van der Waals surface area contributed by atoms with Crippen LogP contribution in [-0.2, 0) is 0 Å². The maximum Gasteiger partial charge on any atom is 0.390 e. The van der Waals surface area contributed by atoms with E-state index >= 15 is 0 Å². The van der Waals surface area contributed by atoms with Crippen molar-refractivity contribution in [3.8, 4) is 0 Å². The van der Waals surface area contributed by atoms with Gasteiger partial charge in [-0.05, 0) is 24.3 Å². The highest BCUT2D eigenvalue weighted by Gasteiger charge is 2.28. The molecular weight excluding hydrogens is 255 g/mol. The third-order valence-electron chi connectivity index (χ3n) is 3.34. The van der Waals surface area contributed by atoms with E-state index in [4.69, 9.17) is 5.73 Å². The fourth-order valence-corrected chi connectivity index (χ4v) is 2.20. The van der Waals surface area contributed by atoms with E-state index in [9.17, 15) is 13.2 Å². The van der Waals surface area contributed by atoms with Crippen molar-refractivity contribution in [2.24, 2.45) is 0 Å². The zero-order valence-electron chi connectivity index (χ0n) is 10.7. The highest BCUT2D eigenvalue weighted by atomic mass is 19.4. The van der Waals surface area contributed by atoms with Gasteiger partial charge in [0.2, 0.25) is 0 Å². The third-order valence-corrected chi connectivity index (χ3v) is 3.34. The summed E-state index contributed by atoms with van der Waals surface area (Å²) in [7, 11) is 0. The lowest BCUT2D eigenvalue weighted by molar-refractivity contribution is -0.138. The van der Waals surface area contributed by atoms with Crippen molar-refractivity contribution in [3.63, 3.8) is 0 Å². The van der Waals surface area contributed by atoms with E-state index in [-0.39, 0.29) is 6.54 Å². The quantitative estimate of drug-likeness (QED) is 0.858. The molecule has 0 atom stereocenters. The van der Waals surface area contributed by atoms with E-state index in [2.05, 4.69) is 4.90 Å². The maximum absolute atomic E-state index is 12.1. The van der Waals surface area contributed by atoms with Crippen LogP contribution in [0.5, 0.6) is 0 Å². The molecule has 1 aliphatic heterocycles. The van der Waals surface area contributed by atoms with Crippen LogP contribution in [0.1, 0.15) is 6.42 Å². The van der Waals surface area contributed by atoms with Crippen LogP contribution in [0.4, 0.5) is 24.5 Å². The summed E-state index contributed by atoms with van der Waals surface area (Å²) in [6.45, 7) is 2.93. The van der Waals surface area contributed by atoms with Crippen molar-refractivity contribution in [3.05, 3.63) is 24.3 Å². The molecule has 1 aliphatic rings. The van der Waals surface area contributed by atoms with Gasteiger partial charge in [-0.25, -0.2) is 0 Å². The van der Waals surface area contributed by atoms with E-state index in [1.807, 2.05) is 29.2 Å². The van der Waals surface area contributed by atoms with Gasteiger partial charge < -0.3 is 10.6 Å². The molecule has 19 heavy (non-hydrogen) atoms. The summed E-state index contributed by atoms with van der Waals surface area (Å²) in [6, 6.07) is 7.57. The first-order chi connectivity index (χ1) is 8.94. The number of halogens is 3. The second kappa shape index (κ2) is 5.69. The molecule has 0 aromatic heterocycles. The van der Waals surface area contributed by atoms with Crippen molar-refractivity contribution >= 4 is 11.4 Å². The molecule has 1 heterocycles. The number of hydrogen-bond donors (Lipinski definition) is 1. The van der Waals surface area contributed by atoms with Crippen LogP contribution < -0.4 is 10.6 Å². The summed E-state index contributed by atoms with van der Waals surface area (Å²) in [5.41, 5.74) is 7.41. The largest absolute Gasteiger partial charge is 0.399 e. The van der Waals surface area contributed by atoms with Gasteiger partial charge in [-0.2, -0.15) is 13.2 Å². The molecule has 1 saturated heterocycles. The Morgan fingerprint density at radius 2 is 1.58 bits per heavy atom. The molecule has 0 radical (unpaired) electrons. The Labute approximate surface area is 110 Å². The number of benzene rings is 1. The number of nitrogens with zero attached hydrogens (tertiary/aromatic N) is 2. The highest BCUT2D eigenvalue weighted by Crippen LogP contribution is 2.21. The minimum Gasteiger partial charge on any atom is -0.399 e. The molecule has 0 amide bonds. The number of rotatable bonds is 3. The molecule has 0 bridgehead atoms. The Morgan fingerprint density at radius 3 is 2.11 bits per heavy atom. The third kappa shape index (κ3) is 4.31. The van der Waals surface area contributed by atoms with Gasteiger partial charge in [-0.15, -0.1) is 0 Å². The Kier molecular flexibility index (Phi) is 4.19. The number of nitrogens with two attached hydrogens (primary N) is 1. The predicted molar refractivity (Wildman–Crippen MR) is 70.2 cm³/mol. The first kappa shape index (κ1) is 14.0. The van der Waals surface area contributed by atoms with Crippen LogP contribution in [0.3, 0.4) is 0 Å². The normalized spacial score (nSPS) is 17.7. The molecule has 0 saturated carbocycles. The summed E-state index contributed by atoms with van der Waals surface area (Å²) < 4.78 is 36.4. The van der Waals surface area contributed by atoms with Gasteiger partial charge in [0.25, 0.3) is 0 Å².